The van der Waals surface area contributed by atoms with Crippen molar-refractivity contribution in [3.8, 4) is 5.75 Å². The summed E-state index contributed by atoms with van der Waals surface area (Å²) >= 11 is 6.29. The van der Waals surface area contributed by atoms with Crippen LogP contribution in [0.15, 0.2) is 42.5 Å². The van der Waals surface area contributed by atoms with Crippen LogP contribution in [-0.2, 0) is 12.8 Å². The molecule has 0 fully saturated rings. The molecule has 2 atom stereocenters. The van der Waals surface area contributed by atoms with E-state index in [1.54, 1.807) is 0 Å². The van der Waals surface area contributed by atoms with Gasteiger partial charge in [-0.3, -0.25) is 0 Å². The maximum absolute atomic E-state index is 6.29. The average molecular weight is 302 g/mol. The third-order valence-electron chi connectivity index (χ3n) is 3.98. The molecule has 0 saturated carbocycles. The van der Waals surface area contributed by atoms with E-state index in [4.69, 9.17) is 22.1 Å². The van der Waals surface area contributed by atoms with Crippen LogP contribution >= 0.6 is 11.6 Å². The van der Waals surface area contributed by atoms with Crippen LogP contribution in [0.2, 0.25) is 5.02 Å². The van der Waals surface area contributed by atoms with E-state index in [2.05, 4.69) is 24.3 Å². The Balaban J connectivity index is 1.71. The molecule has 1 aliphatic rings. The lowest BCUT2D eigenvalue weighted by Gasteiger charge is -2.30. The minimum absolute atomic E-state index is 0.0928. The first-order chi connectivity index (χ1) is 10.1. The van der Waals surface area contributed by atoms with Crippen molar-refractivity contribution in [3.63, 3.8) is 0 Å². The molecule has 0 aromatic heterocycles. The van der Waals surface area contributed by atoms with Crippen LogP contribution in [-0.4, -0.2) is 12.6 Å². The van der Waals surface area contributed by atoms with Gasteiger partial charge in [0.05, 0.1) is 11.6 Å². The standard InChI is InChI=1S/C18H20ClNO/c1-12(20)9-14-6-4-8-17(19)18(14)21-11-15-10-13-5-2-3-7-16(13)15/h2-8,12,15H,9-11,20H2,1H3. The number of ether oxygens (including phenoxy) is 1. The van der Waals surface area contributed by atoms with E-state index < -0.39 is 0 Å². The zero-order valence-electron chi connectivity index (χ0n) is 12.2. The van der Waals surface area contributed by atoms with E-state index in [1.807, 2.05) is 25.1 Å². The van der Waals surface area contributed by atoms with Gasteiger partial charge < -0.3 is 10.5 Å². The Morgan fingerprint density at radius 3 is 2.81 bits per heavy atom. The van der Waals surface area contributed by atoms with Gasteiger partial charge in [-0.25, -0.2) is 0 Å². The summed E-state index contributed by atoms with van der Waals surface area (Å²) < 4.78 is 6.04. The fraction of sp³-hybridized carbons (Fsp3) is 0.333. The zero-order chi connectivity index (χ0) is 14.8. The van der Waals surface area contributed by atoms with Crippen LogP contribution in [0.4, 0.5) is 0 Å². The molecule has 3 rings (SSSR count). The number of hydrogen-bond acceptors (Lipinski definition) is 2. The summed E-state index contributed by atoms with van der Waals surface area (Å²) in [7, 11) is 0. The predicted molar refractivity (Wildman–Crippen MR) is 87.2 cm³/mol. The highest BCUT2D eigenvalue weighted by Crippen LogP contribution is 2.37. The maximum Gasteiger partial charge on any atom is 0.141 e. The molecule has 3 heteroatoms. The SMILES string of the molecule is CC(N)Cc1cccc(Cl)c1OCC1Cc2ccccc21. The number of hydrogen-bond donors (Lipinski definition) is 1. The summed E-state index contributed by atoms with van der Waals surface area (Å²) in [6.45, 7) is 2.67. The quantitative estimate of drug-likeness (QED) is 0.907. The molecule has 21 heavy (non-hydrogen) atoms. The number of para-hydroxylation sites is 1. The van der Waals surface area contributed by atoms with Crippen molar-refractivity contribution < 1.29 is 4.74 Å². The van der Waals surface area contributed by atoms with Crippen LogP contribution in [0.5, 0.6) is 5.75 Å². The normalized spacial score (nSPS) is 17.8. The Kier molecular flexibility index (Phi) is 4.18. The maximum atomic E-state index is 6.29. The molecule has 0 heterocycles. The van der Waals surface area contributed by atoms with E-state index in [9.17, 15) is 0 Å². The predicted octanol–water partition coefficient (Wildman–Crippen LogP) is 3.95. The van der Waals surface area contributed by atoms with Gasteiger partial charge >= 0.3 is 0 Å². The van der Waals surface area contributed by atoms with Gasteiger partial charge in [-0.05, 0) is 42.5 Å². The number of benzene rings is 2. The number of halogens is 1. The Morgan fingerprint density at radius 2 is 2.05 bits per heavy atom. The fourth-order valence-electron chi connectivity index (χ4n) is 2.92. The minimum atomic E-state index is 0.0928. The van der Waals surface area contributed by atoms with E-state index >= 15 is 0 Å². The molecule has 2 N–H and O–H groups in total. The van der Waals surface area contributed by atoms with E-state index in [0.29, 0.717) is 17.5 Å². The first-order valence-corrected chi connectivity index (χ1v) is 7.76. The molecule has 2 nitrogen and oxygen atoms in total. The molecule has 1 aliphatic carbocycles. The minimum Gasteiger partial charge on any atom is -0.491 e. The molecule has 0 radical (unpaired) electrons. The van der Waals surface area contributed by atoms with Gasteiger partial charge in [-0.2, -0.15) is 0 Å². The van der Waals surface area contributed by atoms with Crippen LogP contribution in [0.1, 0.15) is 29.5 Å². The summed E-state index contributed by atoms with van der Waals surface area (Å²) in [5.74, 6) is 1.27. The second-order valence-electron chi connectivity index (χ2n) is 5.82. The molecule has 2 aromatic rings. The second kappa shape index (κ2) is 6.08. The van der Waals surface area contributed by atoms with E-state index in [-0.39, 0.29) is 6.04 Å². The summed E-state index contributed by atoms with van der Waals surface area (Å²) in [5.41, 5.74) is 9.82. The third kappa shape index (κ3) is 3.07. The summed E-state index contributed by atoms with van der Waals surface area (Å²) in [5, 5.41) is 0.667. The van der Waals surface area contributed by atoms with Crippen LogP contribution < -0.4 is 10.5 Å². The van der Waals surface area contributed by atoms with Crippen molar-refractivity contribution in [2.75, 3.05) is 6.61 Å². The van der Waals surface area contributed by atoms with Crippen LogP contribution in [0, 0.1) is 0 Å². The van der Waals surface area contributed by atoms with Gasteiger partial charge in [0.25, 0.3) is 0 Å². The molecule has 0 aliphatic heterocycles. The summed E-state index contributed by atoms with van der Waals surface area (Å²) in [4.78, 5) is 0. The lowest BCUT2D eigenvalue weighted by molar-refractivity contribution is 0.272. The van der Waals surface area contributed by atoms with Gasteiger partial charge in [0.1, 0.15) is 5.75 Å². The molecular weight excluding hydrogens is 282 g/mol. The van der Waals surface area contributed by atoms with Crippen molar-refractivity contribution >= 4 is 11.6 Å². The van der Waals surface area contributed by atoms with Gasteiger partial charge in [-0.1, -0.05) is 48.0 Å². The molecule has 0 amide bonds. The molecule has 110 valence electrons. The van der Waals surface area contributed by atoms with Gasteiger partial charge in [-0.15, -0.1) is 0 Å². The fourth-order valence-corrected chi connectivity index (χ4v) is 3.17. The Hall–Kier alpha value is -1.51. The largest absolute Gasteiger partial charge is 0.491 e. The van der Waals surface area contributed by atoms with Crippen LogP contribution in [0.3, 0.4) is 0 Å². The average Bonchev–Trinajstić information content (AvgIpc) is 2.42. The lowest BCUT2D eigenvalue weighted by Crippen LogP contribution is -2.24. The Morgan fingerprint density at radius 1 is 1.24 bits per heavy atom. The Labute approximate surface area is 130 Å². The number of nitrogens with two attached hydrogens (primary N) is 1. The highest BCUT2D eigenvalue weighted by atomic mass is 35.5. The highest BCUT2D eigenvalue weighted by Gasteiger charge is 2.26. The van der Waals surface area contributed by atoms with Crippen molar-refractivity contribution in [1.82, 2.24) is 0 Å². The molecular formula is C18H20ClNO. The molecule has 2 unspecified atom stereocenters. The van der Waals surface area contributed by atoms with Crippen molar-refractivity contribution in [2.45, 2.75) is 31.7 Å². The van der Waals surface area contributed by atoms with Gasteiger partial charge in [0.2, 0.25) is 0 Å². The Bertz CT molecular complexity index is 639. The highest BCUT2D eigenvalue weighted by molar-refractivity contribution is 6.32. The molecule has 0 saturated heterocycles. The van der Waals surface area contributed by atoms with Crippen molar-refractivity contribution in [1.29, 1.82) is 0 Å². The lowest BCUT2D eigenvalue weighted by atomic mass is 9.78. The van der Waals surface area contributed by atoms with Crippen LogP contribution in [0.25, 0.3) is 0 Å². The first-order valence-electron chi connectivity index (χ1n) is 7.38. The van der Waals surface area contributed by atoms with E-state index in [1.165, 1.54) is 11.1 Å². The number of rotatable bonds is 5. The van der Waals surface area contributed by atoms with Gasteiger partial charge in [0, 0.05) is 12.0 Å². The monoisotopic (exact) mass is 301 g/mol. The smallest absolute Gasteiger partial charge is 0.141 e. The molecule has 0 spiro atoms. The molecule has 0 bridgehead atoms. The first kappa shape index (κ1) is 14.4. The van der Waals surface area contributed by atoms with Gasteiger partial charge in [0.15, 0.2) is 0 Å². The molecule has 2 aromatic carbocycles. The summed E-state index contributed by atoms with van der Waals surface area (Å²) in [6, 6.07) is 14.5. The van der Waals surface area contributed by atoms with Crippen molar-refractivity contribution in [3.05, 3.63) is 64.2 Å². The third-order valence-corrected chi connectivity index (χ3v) is 4.28. The second-order valence-corrected chi connectivity index (χ2v) is 6.23. The topological polar surface area (TPSA) is 35.2 Å². The van der Waals surface area contributed by atoms with E-state index in [0.717, 1.165) is 24.2 Å². The zero-order valence-corrected chi connectivity index (χ0v) is 12.9. The van der Waals surface area contributed by atoms with Crippen molar-refractivity contribution in [2.24, 2.45) is 5.73 Å². The number of fused-ring (bicyclic) bond motifs is 1. The summed E-state index contributed by atoms with van der Waals surface area (Å²) in [6.07, 6.45) is 1.86.